The van der Waals surface area contributed by atoms with E-state index in [1.807, 2.05) is 11.8 Å². The van der Waals surface area contributed by atoms with Crippen molar-refractivity contribution in [3.8, 4) is 0 Å². The van der Waals surface area contributed by atoms with Crippen molar-refractivity contribution in [1.29, 1.82) is 0 Å². The molecule has 1 heterocycles. The molecule has 1 aliphatic rings. The van der Waals surface area contributed by atoms with Crippen LogP contribution >= 0.6 is 11.8 Å². The first-order chi connectivity index (χ1) is 6.38. The largest absolute Gasteiger partial charge is 0.381 e. The van der Waals surface area contributed by atoms with Crippen molar-refractivity contribution in [2.45, 2.75) is 26.3 Å². The van der Waals surface area contributed by atoms with Crippen LogP contribution in [0.5, 0.6) is 0 Å². The third-order valence-corrected chi connectivity index (χ3v) is 3.50. The van der Waals surface area contributed by atoms with E-state index in [1.54, 1.807) is 0 Å². The fourth-order valence-electron chi connectivity index (χ4n) is 1.74. The van der Waals surface area contributed by atoms with Gasteiger partial charge in [-0.15, -0.1) is 0 Å². The van der Waals surface area contributed by atoms with Crippen molar-refractivity contribution in [3.05, 3.63) is 0 Å². The molecule has 0 aromatic carbocycles. The number of thioether (sulfide) groups is 1. The van der Waals surface area contributed by atoms with Crippen LogP contribution < -0.4 is 5.32 Å². The molecular formula is C10H21NOS. The van der Waals surface area contributed by atoms with Gasteiger partial charge in [0.2, 0.25) is 0 Å². The van der Waals surface area contributed by atoms with Gasteiger partial charge in [0.1, 0.15) is 0 Å². The highest BCUT2D eigenvalue weighted by Crippen LogP contribution is 2.19. The Morgan fingerprint density at radius 1 is 1.54 bits per heavy atom. The molecule has 0 saturated carbocycles. The Kier molecular flexibility index (Phi) is 5.83. The molecule has 0 spiro atoms. The molecule has 1 saturated heterocycles. The number of rotatable bonds is 6. The van der Waals surface area contributed by atoms with Crippen molar-refractivity contribution < 1.29 is 4.74 Å². The molecule has 1 fully saturated rings. The molecule has 2 nitrogen and oxygen atoms in total. The zero-order chi connectivity index (χ0) is 9.52. The summed E-state index contributed by atoms with van der Waals surface area (Å²) < 4.78 is 5.42. The minimum Gasteiger partial charge on any atom is -0.381 e. The lowest BCUT2D eigenvalue weighted by molar-refractivity contribution is 0.179. The Bertz CT molecular complexity index is 126. The highest BCUT2D eigenvalue weighted by Gasteiger charge is 2.24. The lowest BCUT2D eigenvalue weighted by Gasteiger charge is -2.22. The van der Waals surface area contributed by atoms with Gasteiger partial charge in [-0.2, -0.15) is 11.8 Å². The molecule has 2 atom stereocenters. The Hall–Kier alpha value is 0.270. The van der Waals surface area contributed by atoms with Gasteiger partial charge in [0.15, 0.2) is 0 Å². The fraction of sp³-hybridized carbons (Fsp3) is 1.00. The molecule has 0 radical (unpaired) electrons. The Labute approximate surface area is 85.8 Å². The molecule has 13 heavy (non-hydrogen) atoms. The SMILES string of the molecule is CCNC(CSCC)C1CCOC1. The van der Waals surface area contributed by atoms with Crippen molar-refractivity contribution in [1.82, 2.24) is 5.32 Å². The van der Waals surface area contributed by atoms with E-state index in [-0.39, 0.29) is 0 Å². The van der Waals surface area contributed by atoms with Crippen LogP contribution in [0.1, 0.15) is 20.3 Å². The van der Waals surface area contributed by atoms with Crippen molar-refractivity contribution in [2.75, 3.05) is 31.3 Å². The van der Waals surface area contributed by atoms with Gasteiger partial charge >= 0.3 is 0 Å². The molecule has 0 aliphatic carbocycles. The quantitative estimate of drug-likeness (QED) is 0.710. The summed E-state index contributed by atoms with van der Waals surface area (Å²) in [5.74, 6) is 3.20. The van der Waals surface area contributed by atoms with Crippen molar-refractivity contribution >= 4 is 11.8 Å². The van der Waals surface area contributed by atoms with Gasteiger partial charge in [-0.1, -0.05) is 13.8 Å². The van der Waals surface area contributed by atoms with Crippen LogP contribution in [-0.4, -0.2) is 37.3 Å². The van der Waals surface area contributed by atoms with Gasteiger partial charge in [-0.3, -0.25) is 0 Å². The van der Waals surface area contributed by atoms with E-state index in [9.17, 15) is 0 Å². The smallest absolute Gasteiger partial charge is 0.0510 e. The molecule has 0 bridgehead atoms. The second kappa shape index (κ2) is 6.68. The summed E-state index contributed by atoms with van der Waals surface area (Å²) in [7, 11) is 0. The van der Waals surface area contributed by atoms with Gasteiger partial charge in [-0.05, 0) is 18.7 Å². The van der Waals surface area contributed by atoms with Crippen LogP contribution in [0.25, 0.3) is 0 Å². The summed E-state index contributed by atoms with van der Waals surface area (Å²) in [5, 5.41) is 3.56. The minimum atomic E-state index is 0.664. The van der Waals surface area contributed by atoms with Gasteiger partial charge in [0, 0.05) is 24.3 Å². The minimum absolute atomic E-state index is 0.664. The Morgan fingerprint density at radius 3 is 2.92 bits per heavy atom. The van der Waals surface area contributed by atoms with Crippen LogP contribution in [0.2, 0.25) is 0 Å². The van der Waals surface area contributed by atoms with Crippen molar-refractivity contribution in [2.24, 2.45) is 5.92 Å². The molecule has 1 aliphatic heterocycles. The second-order valence-electron chi connectivity index (χ2n) is 3.45. The molecular weight excluding hydrogens is 182 g/mol. The first kappa shape index (κ1) is 11.3. The molecule has 3 heteroatoms. The topological polar surface area (TPSA) is 21.3 Å². The van der Waals surface area contributed by atoms with Gasteiger partial charge in [0.05, 0.1) is 6.61 Å². The van der Waals surface area contributed by atoms with E-state index in [4.69, 9.17) is 4.74 Å². The van der Waals surface area contributed by atoms with Gasteiger partial charge in [0.25, 0.3) is 0 Å². The van der Waals surface area contributed by atoms with Crippen molar-refractivity contribution in [3.63, 3.8) is 0 Å². The Morgan fingerprint density at radius 2 is 2.38 bits per heavy atom. The first-order valence-electron chi connectivity index (χ1n) is 5.27. The molecule has 0 amide bonds. The number of hydrogen-bond donors (Lipinski definition) is 1. The van der Waals surface area contributed by atoms with Crippen LogP contribution in [0.3, 0.4) is 0 Å². The van der Waals surface area contributed by atoms with Gasteiger partial charge < -0.3 is 10.1 Å². The first-order valence-corrected chi connectivity index (χ1v) is 6.42. The fourth-order valence-corrected chi connectivity index (χ4v) is 2.62. The standard InChI is InChI=1S/C10H21NOS/c1-3-11-10(8-13-4-2)9-5-6-12-7-9/h9-11H,3-8H2,1-2H3. The predicted octanol–water partition coefficient (Wildman–Crippen LogP) is 1.75. The molecule has 1 rings (SSSR count). The maximum atomic E-state index is 5.42. The summed E-state index contributed by atoms with van der Waals surface area (Å²) in [6.07, 6.45) is 1.24. The van der Waals surface area contributed by atoms with E-state index in [0.717, 1.165) is 25.7 Å². The van der Waals surface area contributed by atoms with E-state index >= 15 is 0 Å². The van der Waals surface area contributed by atoms with Crippen LogP contribution in [0.15, 0.2) is 0 Å². The molecule has 78 valence electrons. The summed E-state index contributed by atoms with van der Waals surface area (Å²) in [6, 6.07) is 0.664. The monoisotopic (exact) mass is 203 g/mol. The average molecular weight is 203 g/mol. The van der Waals surface area contributed by atoms with E-state index in [1.165, 1.54) is 17.9 Å². The normalized spacial score (nSPS) is 24.9. The predicted molar refractivity (Wildman–Crippen MR) is 59.4 cm³/mol. The van der Waals surface area contributed by atoms with E-state index in [0.29, 0.717) is 6.04 Å². The summed E-state index contributed by atoms with van der Waals surface area (Å²) >= 11 is 2.02. The zero-order valence-electron chi connectivity index (χ0n) is 8.71. The lowest BCUT2D eigenvalue weighted by atomic mass is 10.0. The third kappa shape index (κ3) is 3.88. The third-order valence-electron chi connectivity index (χ3n) is 2.50. The summed E-state index contributed by atoms with van der Waals surface area (Å²) in [5.41, 5.74) is 0. The maximum Gasteiger partial charge on any atom is 0.0510 e. The highest BCUT2D eigenvalue weighted by molar-refractivity contribution is 7.99. The molecule has 0 aromatic rings. The maximum absolute atomic E-state index is 5.42. The van der Waals surface area contributed by atoms with E-state index in [2.05, 4.69) is 19.2 Å². The summed E-state index contributed by atoms with van der Waals surface area (Å²) in [4.78, 5) is 0. The molecule has 0 aromatic heterocycles. The lowest BCUT2D eigenvalue weighted by Crippen LogP contribution is -2.38. The van der Waals surface area contributed by atoms with E-state index < -0.39 is 0 Å². The van der Waals surface area contributed by atoms with Crippen LogP contribution in [0.4, 0.5) is 0 Å². The Balaban J connectivity index is 2.26. The zero-order valence-corrected chi connectivity index (χ0v) is 9.53. The number of hydrogen-bond acceptors (Lipinski definition) is 3. The number of nitrogens with one attached hydrogen (secondary N) is 1. The van der Waals surface area contributed by atoms with Crippen LogP contribution in [0, 0.1) is 5.92 Å². The molecule has 1 N–H and O–H groups in total. The highest BCUT2D eigenvalue weighted by atomic mass is 32.2. The van der Waals surface area contributed by atoms with Crippen LogP contribution in [-0.2, 0) is 4.74 Å². The summed E-state index contributed by atoms with van der Waals surface area (Å²) in [6.45, 7) is 7.40. The number of ether oxygens (including phenoxy) is 1. The average Bonchev–Trinajstić information content (AvgIpc) is 2.65. The molecule has 2 unspecified atom stereocenters. The van der Waals surface area contributed by atoms with Gasteiger partial charge in [-0.25, -0.2) is 0 Å². The second-order valence-corrected chi connectivity index (χ2v) is 4.77.